The van der Waals surface area contributed by atoms with Crippen molar-refractivity contribution in [2.45, 2.75) is 82.8 Å². The van der Waals surface area contributed by atoms with E-state index in [0.29, 0.717) is 13.2 Å². The summed E-state index contributed by atoms with van der Waals surface area (Å²) in [5, 5.41) is 0.804. The SMILES string of the molecule is CC(C)(C)[Si](C)(C)OCOC(=O)N1C2CCC1(COCc1ccc(Cl)cc1)CC2. The summed E-state index contributed by atoms with van der Waals surface area (Å²) in [5.74, 6) is 0. The molecule has 0 unspecified atom stereocenters. The van der Waals surface area contributed by atoms with Crippen LogP contribution in [0.2, 0.25) is 23.2 Å². The number of fused-ring (bicyclic) bond motifs is 2. The second-order valence-electron chi connectivity index (χ2n) is 9.88. The molecule has 162 valence electrons. The molecular formula is C22H34ClNO4Si. The Morgan fingerprint density at radius 2 is 1.83 bits per heavy atom. The third-order valence-corrected chi connectivity index (χ3v) is 11.6. The molecule has 3 rings (SSSR count). The zero-order valence-corrected chi connectivity index (χ0v) is 20.1. The van der Waals surface area contributed by atoms with Gasteiger partial charge >= 0.3 is 6.09 Å². The molecule has 2 bridgehead atoms. The van der Waals surface area contributed by atoms with Crippen molar-refractivity contribution >= 4 is 26.0 Å². The van der Waals surface area contributed by atoms with E-state index in [9.17, 15) is 4.79 Å². The fourth-order valence-electron chi connectivity index (χ4n) is 4.04. The van der Waals surface area contributed by atoms with E-state index >= 15 is 0 Å². The maximum Gasteiger partial charge on any atom is 0.412 e. The van der Waals surface area contributed by atoms with Crippen LogP contribution in [0, 0.1) is 0 Å². The van der Waals surface area contributed by atoms with Crippen molar-refractivity contribution in [1.82, 2.24) is 4.90 Å². The minimum Gasteiger partial charge on any atom is -0.423 e. The van der Waals surface area contributed by atoms with Gasteiger partial charge in [-0.1, -0.05) is 44.5 Å². The molecule has 29 heavy (non-hydrogen) atoms. The molecule has 0 aliphatic carbocycles. The summed E-state index contributed by atoms with van der Waals surface area (Å²) in [6.45, 7) is 11.9. The molecule has 0 aromatic heterocycles. The Labute approximate surface area is 180 Å². The first kappa shape index (κ1) is 22.6. The highest BCUT2D eigenvalue weighted by atomic mass is 35.5. The number of benzene rings is 1. The van der Waals surface area contributed by atoms with Crippen LogP contribution in [0.1, 0.15) is 52.0 Å². The quantitative estimate of drug-likeness (QED) is 0.388. The Bertz CT molecular complexity index is 709. The molecule has 0 radical (unpaired) electrons. The lowest BCUT2D eigenvalue weighted by molar-refractivity contribution is -0.0117. The van der Waals surface area contributed by atoms with Crippen LogP contribution in [0.3, 0.4) is 0 Å². The van der Waals surface area contributed by atoms with Crippen LogP contribution < -0.4 is 0 Å². The van der Waals surface area contributed by atoms with E-state index in [0.717, 1.165) is 36.3 Å². The number of rotatable bonds is 7. The van der Waals surface area contributed by atoms with Gasteiger partial charge in [-0.15, -0.1) is 0 Å². The largest absolute Gasteiger partial charge is 0.423 e. The Hall–Kier alpha value is -1.08. The molecular weight excluding hydrogens is 406 g/mol. The van der Waals surface area contributed by atoms with Crippen LogP contribution in [0.5, 0.6) is 0 Å². The first-order chi connectivity index (χ1) is 13.5. The molecule has 0 atom stereocenters. The second kappa shape index (κ2) is 8.58. The lowest BCUT2D eigenvalue weighted by Gasteiger charge is -2.37. The number of hydrogen-bond acceptors (Lipinski definition) is 4. The predicted octanol–water partition coefficient (Wildman–Crippen LogP) is 5.97. The maximum atomic E-state index is 12.9. The van der Waals surface area contributed by atoms with Crippen LogP contribution in [0.25, 0.3) is 0 Å². The third kappa shape index (κ3) is 4.98. The van der Waals surface area contributed by atoms with Crippen molar-refractivity contribution < 1.29 is 18.7 Å². The van der Waals surface area contributed by atoms with Crippen LogP contribution in [0.15, 0.2) is 24.3 Å². The predicted molar refractivity (Wildman–Crippen MR) is 118 cm³/mol. The second-order valence-corrected chi connectivity index (χ2v) is 15.1. The monoisotopic (exact) mass is 439 g/mol. The molecule has 7 heteroatoms. The van der Waals surface area contributed by atoms with E-state index in [1.807, 2.05) is 29.2 Å². The lowest BCUT2D eigenvalue weighted by atomic mass is 9.88. The number of carbonyl (C=O) groups is 1. The highest BCUT2D eigenvalue weighted by molar-refractivity contribution is 6.74. The molecule has 0 saturated carbocycles. The van der Waals surface area contributed by atoms with Crippen LogP contribution in [-0.4, -0.2) is 44.3 Å². The summed E-state index contributed by atoms with van der Waals surface area (Å²) < 4.78 is 17.6. The number of ether oxygens (including phenoxy) is 2. The van der Waals surface area contributed by atoms with Crippen molar-refractivity contribution in [2.24, 2.45) is 0 Å². The van der Waals surface area contributed by atoms with Gasteiger partial charge in [0.1, 0.15) is 0 Å². The Balaban J connectivity index is 1.54. The van der Waals surface area contributed by atoms with Gasteiger partial charge in [-0.25, -0.2) is 4.79 Å². The van der Waals surface area contributed by atoms with Gasteiger partial charge in [-0.3, -0.25) is 4.90 Å². The molecule has 2 fully saturated rings. The van der Waals surface area contributed by atoms with Gasteiger partial charge in [0.05, 0.1) is 18.8 Å². The smallest absolute Gasteiger partial charge is 0.412 e. The number of hydrogen-bond donors (Lipinski definition) is 0. The van der Waals surface area contributed by atoms with Gasteiger partial charge < -0.3 is 13.9 Å². The molecule has 1 aromatic rings. The van der Waals surface area contributed by atoms with Gasteiger partial charge in [0.2, 0.25) is 0 Å². The lowest BCUT2D eigenvalue weighted by Crippen LogP contribution is -2.49. The summed E-state index contributed by atoms with van der Waals surface area (Å²) in [6.07, 6.45) is 3.71. The van der Waals surface area contributed by atoms with Crippen molar-refractivity contribution in [2.75, 3.05) is 13.4 Å². The minimum atomic E-state index is -1.94. The Morgan fingerprint density at radius 3 is 2.41 bits per heavy atom. The van der Waals surface area contributed by atoms with Gasteiger partial charge in [-0.05, 0) is 61.5 Å². The fourth-order valence-corrected chi connectivity index (χ4v) is 4.95. The number of halogens is 1. The average molecular weight is 440 g/mol. The first-order valence-corrected chi connectivity index (χ1v) is 13.7. The van der Waals surface area contributed by atoms with Gasteiger partial charge in [-0.2, -0.15) is 0 Å². The molecule has 2 aliphatic heterocycles. The molecule has 2 aliphatic rings. The Kier molecular flexibility index (Phi) is 6.68. The summed E-state index contributed by atoms with van der Waals surface area (Å²) in [5.41, 5.74) is 0.834. The number of nitrogens with zero attached hydrogens (tertiary/aromatic N) is 1. The summed E-state index contributed by atoms with van der Waals surface area (Å²) in [4.78, 5) is 14.8. The Morgan fingerprint density at radius 1 is 1.21 bits per heavy atom. The van der Waals surface area contributed by atoms with Gasteiger partial charge in [0.25, 0.3) is 0 Å². The van der Waals surface area contributed by atoms with Crippen molar-refractivity contribution in [1.29, 1.82) is 0 Å². The van der Waals surface area contributed by atoms with E-state index in [1.54, 1.807) is 0 Å². The highest BCUT2D eigenvalue weighted by Gasteiger charge is 2.54. The normalized spacial score (nSPS) is 24.2. The highest BCUT2D eigenvalue weighted by Crippen LogP contribution is 2.47. The van der Waals surface area contributed by atoms with Gasteiger partial charge in [0, 0.05) is 11.1 Å². The van der Waals surface area contributed by atoms with E-state index in [4.69, 9.17) is 25.5 Å². The first-order valence-electron chi connectivity index (χ1n) is 10.5. The third-order valence-electron chi connectivity index (χ3n) is 6.92. The van der Waals surface area contributed by atoms with Crippen molar-refractivity contribution in [3.63, 3.8) is 0 Å². The summed E-state index contributed by atoms with van der Waals surface area (Å²) in [7, 11) is -1.94. The molecule has 2 saturated heterocycles. The molecule has 0 spiro atoms. The zero-order chi connectivity index (χ0) is 21.3. The van der Waals surface area contributed by atoms with E-state index in [-0.39, 0.29) is 29.5 Å². The number of carbonyl (C=O) groups excluding carboxylic acids is 1. The summed E-state index contributed by atoms with van der Waals surface area (Å²) in [6, 6.07) is 7.93. The summed E-state index contributed by atoms with van der Waals surface area (Å²) >= 11 is 5.94. The molecule has 0 N–H and O–H groups in total. The van der Waals surface area contributed by atoms with Crippen molar-refractivity contribution in [3.05, 3.63) is 34.9 Å². The van der Waals surface area contributed by atoms with Crippen LogP contribution >= 0.6 is 11.6 Å². The molecule has 5 nitrogen and oxygen atoms in total. The van der Waals surface area contributed by atoms with Crippen LogP contribution in [0.4, 0.5) is 4.79 Å². The molecule has 1 amide bonds. The van der Waals surface area contributed by atoms with E-state index in [2.05, 4.69) is 33.9 Å². The van der Waals surface area contributed by atoms with Gasteiger partial charge in [0.15, 0.2) is 15.1 Å². The standard InChI is InChI=1S/C22H34ClNO4Si/c1-21(2,3)29(4,5)28-16-27-20(25)24-19-10-12-22(24,13-11-19)15-26-14-17-6-8-18(23)9-7-17/h6-9,19H,10-16H2,1-5H3. The zero-order valence-electron chi connectivity index (χ0n) is 18.3. The maximum absolute atomic E-state index is 12.9. The van der Waals surface area contributed by atoms with Crippen LogP contribution in [-0.2, 0) is 20.5 Å². The average Bonchev–Trinajstić information content (AvgIpc) is 3.17. The fraction of sp³-hybridized carbons (Fsp3) is 0.682. The van der Waals surface area contributed by atoms with E-state index in [1.165, 1.54) is 0 Å². The topological polar surface area (TPSA) is 48.0 Å². The van der Waals surface area contributed by atoms with Crippen molar-refractivity contribution in [3.8, 4) is 0 Å². The molecule has 1 aromatic carbocycles. The minimum absolute atomic E-state index is 0.0280. The molecule has 2 heterocycles. The number of amides is 1. The van der Waals surface area contributed by atoms with E-state index < -0.39 is 8.32 Å².